The zero-order valence-corrected chi connectivity index (χ0v) is 13.4. The van der Waals surface area contributed by atoms with E-state index in [4.69, 9.17) is 29.0 Å². The van der Waals surface area contributed by atoms with Gasteiger partial charge in [-0.25, -0.2) is 17.9 Å². The van der Waals surface area contributed by atoms with Crippen molar-refractivity contribution < 1.29 is 12.8 Å². The van der Waals surface area contributed by atoms with E-state index >= 15 is 0 Å². The third-order valence-electron chi connectivity index (χ3n) is 2.64. The number of anilines is 2. The first-order chi connectivity index (χ1) is 10.3. The summed E-state index contributed by atoms with van der Waals surface area (Å²) >= 11 is 10.7. The standard InChI is InChI=1S/C13H11ClFN3O2S2/c14-10-2-1-3-11(12(10)15)18-13(21)17-8-4-6-9(7-5-8)22(16,19)20/h1-7H,(H2,16,19,20)(H2,17,18,21). The van der Waals surface area contributed by atoms with Crippen molar-refractivity contribution in [2.75, 3.05) is 10.6 Å². The second kappa shape index (κ2) is 6.57. The lowest BCUT2D eigenvalue weighted by molar-refractivity contribution is 0.598. The van der Waals surface area contributed by atoms with E-state index in [1.165, 1.54) is 36.4 Å². The lowest BCUT2D eigenvalue weighted by Crippen LogP contribution is -2.20. The van der Waals surface area contributed by atoms with Crippen LogP contribution in [0, 0.1) is 5.82 Å². The average Bonchev–Trinajstić information content (AvgIpc) is 2.43. The molecule has 4 N–H and O–H groups in total. The van der Waals surface area contributed by atoms with Crippen LogP contribution in [0.4, 0.5) is 15.8 Å². The van der Waals surface area contributed by atoms with E-state index < -0.39 is 15.8 Å². The van der Waals surface area contributed by atoms with Crippen molar-refractivity contribution in [3.8, 4) is 0 Å². The molecule has 116 valence electrons. The number of hydrogen-bond donors (Lipinski definition) is 3. The van der Waals surface area contributed by atoms with E-state index in [1.54, 1.807) is 6.07 Å². The number of nitrogens with two attached hydrogens (primary N) is 1. The van der Waals surface area contributed by atoms with Crippen molar-refractivity contribution in [2.45, 2.75) is 4.90 Å². The van der Waals surface area contributed by atoms with Gasteiger partial charge in [0, 0.05) is 5.69 Å². The van der Waals surface area contributed by atoms with Crippen LogP contribution in [0.1, 0.15) is 0 Å². The lowest BCUT2D eigenvalue weighted by atomic mass is 10.3. The lowest BCUT2D eigenvalue weighted by Gasteiger charge is -2.12. The summed E-state index contributed by atoms with van der Waals surface area (Å²) in [4.78, 5) is -0.0159. The van der Waals surface area contributed by atoms with Gasteiger partial charge in [0.25, 0.3) is 0 Å². The first-order valence-electron chi connectivity index (χ1n) is 5.92. The molecule has 0 aliphatic carbocycles. The fourth-order valence-electron chi connectivity index (χ4n) is 1.61. The van der Waals surface area contributed by atoms with Crippen LogP contribution in [0.3, 0.4) is 0 Å². The van der Waals surface area contributed by atoms with Crippen molar-refractivity contribution in [1.29, 1.82) is 0 Å². The summed E-state index contributed by atoms with van der Waals surface area (Å²) in [7, 11) is -3.75. The molecule has 0 fully saturated rings. The molecule has 22 heavy (non-hydrogen) atoms. The molecule has 0 heterocycles. The highest BCUT2D eigenvalue weighted by Gasteiger charge is 2.09. The van der Waals surface area contributed by atoms with Crippen LogP contribution in [0.5, 0.6) is 0 Å². The highest BCUT2D eigenvalue weighted by Crippen LogP contribution is 2.22. The number of sulfonamides is 1. The summed E-state index contributed by atoms with van der Waals surface area (Å²) in [6.07, 6.45) is 0. The predicted molar refractivity (Wildman–Crippen MR) is 89.1 cm³/mol. The Kier molecular flexibility index (Phi) is 4.97. The summed E-state index contributed by atoms with van der Waals surface area (Å²) in [5.74, 6) is -0.613. The maximum atomic E-state index is 13.7. The van der Waals surface area contributed by atoms with Crippen LogP contribution in [-0.4, -0.2) is 13.5 Å². The first-order valence-corrected chi connectivity index (χ1v) is 8.25. The minimum Gasteiger partial charge on any atom is -0.332 e. The van der Waals surface area contributed by atoms with E-state index in [0.29, 0.717) is 5.69 Å². The molecule has 0 aliphatic heterocycles. The zero-order valence-electron chi connectivity index (χ0n) is 11.0. The number of rotatable bonds is 3. The highest BCUT2D eigenvalue weighted by molar-refractivity contribution is 7.89. The van der Waals surface area contributed by atoms with Gasteiger partial charge in [0.05, 0.1) is 15.6 Å². The van der Waals surface area contributed by atoms with Gasteiger partial charge in [0.1, 0.15) is 0 Å². The molecule has 0 atom stereocenters. The molecule has 0 radical (unpaired) electrons. The topological polar surface area (TPSA) is 84.2 Å². The minimum atomic E-state index is -3.75. The van der Waals surface area contributed by atoms with Crippen molar-refractivity contribution in [3.63, 3.8) is 0 Å². The number of hydrogen-bond acceptors (Lipinski definition) is 3. The normalized spacial score (nSPS) is 11.0. The van der Waals surface area contributed by atoms with Gasteiger partial charge in [0.2, 0.25) is 10.0 Å². The van der Waals surface area contributed by atoms with Gasteiger partial charge in [-0.1, -0.05) is 17.7 Å². The van der Waals surface area contributed by atoms with Gasteiger partial charge in [-0.3, -0.25) is 0 Å². The van der Waals surface area contributed by atoms with E-state index in [9.17, 15) is 12.8 Å². The van der Waals surface area contributed by atoms with Gasteiger partial charge in [-0.2, -0.15) is 0 Å². The molecule has 0 saturated carbocycles. The van der Waals surface area contributed by atoms with Crippen molar-refractivity contribution in [2.24, 2.45) is 5.14 Å². The maximum absolute atomic E-state index is 13.7. The van der Waals surface area contributed by atoms with Gasteiger partial charge in [0.15, 0.2) is 10.9 Å². The van der Waals surface area contributed by atoms with Gasteiger partial charge in [-0.15, -0.1) is 0 Å². The van der Waals surface area contributed by atoms with Crippen LogP contribution >= 0.6 is 23.8 Å². The third kappa shape index (κ3) is 4.14. The smallest absolute Gasteiger partial charge is 0.238 e. The van der Waals surface area contributed by atoms with Crippen molar-refractivity contribution in [3.05, 3.63) is 53.3 Å². The Morgan fingerprint density at radius 2 is 1.77 bits per heavy atom. The van der Waals surface area contributed by atoms with E-state index in [1.807, 2.05) is 0 Å². The molecule has 2 rings (SSSR count). The summed E-state index contributed by atoms with van der Waals surface area (Å²) in [6, 6.07) is 10.1. The Labute approximate surface area is 137 Å². The zero-order chi connectivity index (χ0) is 16.3. The Hall–Kier alpha value is -1.74. The fourth-order valence-corrected chi connectivity index (χ4v) is 2.53. The Bertz CT molecular complexity index is 811. The molecule has 0 spiro atoms. The number of nitrogens with one attached hydrogen (secondary N) is 2. The van der Waals surface area contributed by atoms with E-state index in [-0.39, 0.29) is 20.7 Å². The molecule has 0 saturated heterocycles. The number of primary sulfonamides is 1. The maximum Gasteiger partial charge on any atom is 0.238 e. The SMILES string of the molecule is NS(=O)(=O)c1ccc(NC(=S)Nc2cccc(Cl)c2F)cc1. The molecule has 0 bridgehead atoms. The van der Waals surface area contributed by atoms with E-state index in [2.05, 4.69) is 10.6 Å². The average molecular weight is 360 g/mol. The summed E-state index contributed by atoms with van der Waals surface area (Å²) in [5, 5.41) is 10.6. The van der Waals surface area contributed by atoms with Crippen LogP contribution in [-0.2, 0) is 10.0 Å². The largest absolute Gasteiger partial charge is 0.332 e. The van der Waals surface area contributed by atoms with Crippen LogP contribution in [0.15, 0.2) is 47.4 Å². The first kappa shape index (κ1) is 16.6. The molecule has 0 aliphatic rings. The summed E-state index contributed by atoms with van der Waals surface area (Å²) in [6.45, 7) is 0. The number of benzene rings is 2. The van der Waals surface area contributed by atoms with Gasteiger partial charge >= 0.3 is 0 Å². The predicted octanol–water partition coefficient (Wildman–Crippen LogP) is 2.94. The van der Waals surface area contributed by atoms with Crippen LogP contribution in [0.25, 0.3) is 0 Å². The fraction of sp³-hybridized carbons (Fsp3) is 0. The molecule has 2 aromatic carbocycles. The van der Waals surface area contributed by atoms with Crippen LogP contribution < -0.4 is 15.8 Å². The monoisotopic (exact) mass is 359 g/mol. The quantitative estimate of drug-likeness (QED) is 0.734. The number of thiocarbonyl (C=S) groups is 1. The molecular formula is C13H11ClFN3O2S2. The minimum absolute atomic E-state index is 0.0159. The van der Waals surface area contributed by atoms with E-state index in [0.717, 1.165) is 0 Å². The number of halogens is 2. The van der Waals surface area contributed by atoms with Crippen molar-refractivity contribution in [1.82, 2.24) is 0 Å². The Morgan fingerprint density at radius 1 is 1.14 bits per heavy atom. The molecule has 5 nitrogen and oxygen atoms in total. The van der Waals surface area contributed by atoms with Gasteiger partial charge in [-0.05, 0) is 48.6 Å². The molecule has 2 aromatic rings. The summed E-state index contributed by atoms with van der Waals surface area (Å²) in [5.41, 5.74) is 0.651. The molecule has 0 amide bonds. The van der Waals surface area contributed by atoms with Gasteiger partial charge < -0.3 is 10.6 Å². The molecule has 0 aromatic heterocycles. The summed E-state index contributed by atoms with van der Waals surface area (Å²) < 4.78 is 36.0. The molecule has 0 unspecified atom stereocenters. The second-order valence-electron chi connectivity index (χ2n) is 4.25. The Morgan fingerprint density at radius 3 is 2.36 bits per heavy atom. The highest BCUT2D eigenvalue weighted by atomic mass is 35.5. The molecule has 9 heteroatoms. The molecular weight excluding hydrogens is 349 g/mol. The van der Waals surface area contributed by atoms with Crippen LogP contribution in [0.2, 0.25) is 5.02 Å². The second-order valence-corrected chi connectivity index (χ2v) is 6.63. The van der Waals surface area contributed by atoms with Crippen molar-refractivity contribution >= 4 is 50.3 Å². The Balaban J connectivity index is 2.08. The third-order valence-corrected chi connectivity index (χ3v) is 4.07.